The number of benzene rings is 4. The number of hydrogen-bond donors (Lipinski definition) is 8. The Bertz CT molecular complexity index is 4850. The van der Waals surface area contributed by atoms with Gasteiger partial charge in [0.05, 0.1) is 63.1 Å². The molecule has 3 amide bonds. The number of carbonyl (C=O) groups is 3. The van der Waals surface area contributed by atoms with Crippen LogP contribution in [0.3, 0.4) is 0 Å². The van der Waals surface area contributed by atoms with Gasteiger partial charge in [0.15, 0.2) is 0 Å². The van der Waals surface area contributed by atoms with Crippen LogP contribution in [-0.4, -0.2) is 164 Å². The SMILES string of the molecule is CCS(=S)CO[C@@H]1C[C@H](n2cc(C#CCNC(=O)OCCCCOCSSc3ccc(CC(=O)NCCOCCCn4cc(CNC(=O)c5ccc(C)c(C6=c7cc8c9c(c7Oc7c6cc6c%10c7CCCN%10CCC6)CCC[N+]=9CCC8)c5)nn4)cc3)c(=O)[nH]c2=O)O[C@@H]1COP(=O)(O)OP(=O)(O)OP(=O)(O)O. The van der Waals surface area contributed by atoms with E-state index in [9.17, 15) is 47.5 Å². The van der Waals surface area contributed by atoms with E-state index in [1.165, 1.54) is 54.9 Å². The molecule has 0 spiro atoms. The number of phosphoric acid groups is 3. The van der Waals surface area contributed by atoms with Gasteiger partial charge in [-0.05, 0) is 140 Å². The lowest BCUT2D eigenvalue weighted by Crippen LogP contribution is -2.45. The molecule has 0 bridgehead atoms. The minimum absolute atomic E-state index is 0.0291. The zero-order chi connectivity index (χ0) is 76.1. The first kappa shape index (κ1) is 80.8. The van der Waals surface area contributed by atoms with Gasteiger partial charge in [-0.25, -0.2) is 27.9 Å². The number of H-pyrrole nitrogens is 1. The molecule has 0 radical (unpaired) electrons. The molecule has 2 aromatic heterocycles. The lowest BCUT2D eigenvalue weighted by atomic mass is 9.81. The van der Waals surface area contributed by atoms with Gasteiger partial charge in [-0.2, -0.15) is 8.62 Å². The van der Waals surface area contributed by atoms with Crippen molar-refractivity contribution in [2.45, 2.75) is 134 Å². The molecule has 6 aliphatic heterocycles. The van der Waals surface area contributed by atoms with E-state index in [1.54, 1.807) is 4.68 Å². The largest absolute Gasteiger partial charge is 0.490 e. The number of rotatable bonds is 35. The summed E-state index contributed by atoms with van der Waals surface area (Å²) in [6, 6.07) is 18.6. The van der Waals surface area contributed by atoms with Crippen molar-refractivity contribution >= 4 is 94.9 Å². The van der Waals surface area contributed by atoms with Crippen LogP contribution in [0.25, 0.3) is 5.57 Å². The Hall–Kier alpha value is -6.74. The topological polar surface area (TPSA) is 394 Å². The number of nitrogens with one attached hydrogen (secondary N) is 4. The Balaban J connectivity index is 0.505. The summed E-state index contributed by atoms with van der Waals surface area (Å²) in [6.07, 6.45) is 9.21. The Morgan fingerprint density at radius 3 is 2.42 bits per heavy atom. The van der Waals surface area contributed by atoms with Gasteiger partial charge in [-0.3, -0.25) is 33.1 Å². The van der Waals surface area contributed by atoms with E-state index >= 15 is 0 Å². The van der Waals surface area contributed by atoms with Crippen LogP contribution in [0.4, 0.5) is 10.5 Å². The van der Waals surface area contributed by atoms with Crippen LogP contribution in [-0.2, 0) is 121 Å². The molecule has 6 aromatic rings. The van der Waals surface area contributed by atoms with E-state index in [1.807, 2.05) is 43.5 Å². The van der Waals surface area contributed by atoms with Crippen LogP contribution in [0.15, 0.2) is 81.5 Å². The molecule has 1 fully saturated rings. The van der Waals surface area contributed by atoms with Crippen molar-refractivity contribution in [3.63, 3.8) is 0 Å². The molecule has 0 aliphatic carbocycles. The number of fused-ring (bicyclic) bond motifs is 4. The van der Waals surface area contributed by atoms with Gasteiger partial charge in [0.1, 0.15) is 54.1 Å². The second-order valence-corrected chi connectivity index (χ2v) is 36.2. The predicted octanol–water partition coefficient (Wildman–Crippen LogP) is 5.91. The number of aromatic amines is 1. The maximum Gasteiger partial charge on any atom is 0.490 e. The number of aromatic nitrogens is 5. The fourth-order valence-corrected chi connectivity index (χ4v) is 19.3. The molecule has 6 atom stereocenters. The Labute approximate surface area is 637 Å². The summed E-state index contributed by atoms with van der Waals surface area (Å²) < 4.78 is 88.6. The minimum atomic E-state index is -5.81. The van der Waals surface area contributed by atoms with Crippen LogP contribution in [0.5, 0.6) is 11.5 Å². The summed E-state index contributed by atoms with van der Waals surface area (Å²) in [5, 5.41) is 19.7. The summed E-state index contributed by atoms with van der Waals surface area (Å²) in [6.45, 7) is 9.67. The van der Waals surface area contributed by atoms with Crippen molar-refractivity contribution in [1.82, 2.24) is 45.1 Å². The zero-order valence-electron chi connectivity index (χ0n) is 59.5. The highest BCUT2D eigenvalue weighted by Crippen LogP contribution is 2.66. The van der Waals surface area contributed by atoms with Gasteiger partial charge in [-0.1, -0.05) is 73.2 Å². The van der Waals surface area contributed by atoms with Crippen LogP contribution in [0, 0.1) is 18.8 Å². The number of carbonyl (C=O) groups excluding carboxylic acids is 3. The molecule has 0 saturated carbocycles. The Morgan fingerprint density at radius 1 is 0.843 bits per heavy atom. The molecule has 4 aromatic carbocycles. The molecule has 38 heteroatoms. The monoisotopic (exact) mass is 1620 g/mol. The summed E-state index contributed by atoms with van der Waals surface area (Å²) in [5.74, 6) is 7.86. The quantitative estimate of drug-likeness (QED) is 0.00571. The van der Waals surface area contributed by atoms with E-state index in [0.717, 1.165) is 138 Å². The highest BCUT2D eigenvalue weighted by atomic mass is 33.1. The summed E-state index contributed by atoms with van der Waals surface area (Å²) >= 11 is 5.33. The summed E-state index contributed by atoms with van der Waals surface area (Å²) in [7, 11) is -14.6. The van der Waals surface area contributed by atoms with Crippen molar-refractivity contribution < 1.29 is 89.2 Å². The van der Waals surface area contributed by atoms with Crippen LogP contribution < -0.4 is 52.0 Å². The first-order valence-corrected chi connectivity index (χ1v) is 44.9. The number of amides is 3. The summed E-state index contributed by atoms with van der Waals surface area (Å²) in [5.41, 5.74) is 11.4. The first-order valence-electron chi connectivity index (χ1n) is 35.6. The van der Waals surface area contributed by atoms with E-state index in [2.05, 4.69) is 92.4 Å². The van der Waals surface area contributed by atoms with Crippen molar-refractivity contribution in [2.24, 2.45) is 0 Å². The highest BCUT2D eigenvalue weighted by Gasteiger charge is 2.44. The number of alkyl carbamates (subject to hydrolysis) is 1. The van der Waals surface area contributed by atoms with Gasteiger partial charge < -0.3 is 68.8 Å². The third-order valence-corrected chi connectivity index (χ3v) is 26.7. The second kappa shape index (κ2) is 37.1. The molecule has 31 nitrogen and oxygen atoms in total. The lowest BCUT2D eigenvalue weighted by Gasteiger charge is -2.39. The highest BCUT2D eigenvalue weighted by molar-refractivity contribution is 8.76. The molecule has 580 valence electrons. The fourth-order valence-electron chi connectivity index (χ4n) is 13.9. The van der Waals surface area contributed by atoms with Crippen molar-refractivity contribution in [3.8, 4) is 23.3 Å². The number of aryl methyl sites for hydroxylation is 4. The van der Waals surface area contributed by atoms with Crippen LogP contribution in [0.2, 0.25) is 0 Å². The Morgan fingerprint density at radius 2 is 1.61 bits per heavy atom. The maximum atomic E-state index is 14.1. The third kappa shape index (κ3) is 21.3. The lowest BCUT2D eigenvalue weighted by molar-refractivity contribution is -0.120. The van der Waals surface area contributed by atoms with Gasteiger partial charge >= 0.3 is 35.3 Å². The smallest absolute Gasteiger partial charge is 0.455 e. The standard InChI is InChI=1S/C70H85N10O21P3S4/c1-3-108(105)44-96-58-38-61(98-59(58)42-97-103(89,90)101-104(91,92)100-102(86,87)88)80-40-50(68(83)74-69(80)84)12-6-23-72-70(85)95-32-5-4-30-94-43-106-107-52-21-18-46(19-22-52)34-60(81)71-24-33-93-31-11-29-79-41-51(75-76-79)39-73-67(82)49-20-17-45(2)55(37-49)62-56-35-47-13-7-25-77-27-9-15-53(63(47)77)65(56)99-66-54-16-10-28-78-26-8-14-48(64(54)78)36-57(62)66/h17-22,35-37,40-41,58-59,61H,3-5,7-11,13-16,23-34,38-39,42-44H2,1-2H3,(H7-,71,72,73,74,81,82,83,84,85,86,87,88,89,90,91,92)/p+1/t58-,59-,61-,108?/m1/s1. The molecular weight excluding hydrogens is 1540 g/mol. The number of anilines is 1. The molecule has 8 heterocycles. The fraction of sp³-hybridized carbons (Fsp3) is 0.486. The average molecular weight is 1620 g/mol. The van der Waals surface area contributed by atoms with E-state index in [-0.39, 0.29) is 55.9 Å². The molecule has 1 saturated heterocycles. The van der Waals surface area contributed by atoms with Crippen LogP contribution >= 0.6 is 45.1 Å². The number of nitrogens with zero attached hydrogens (tertiary/aromatic N) is 6. The molecule has 3 unspecified atom stereocenters. The molecule has 108 heavy (non-hydrogen) atoms. The van der Waals surface area contributed by atoms with Crippen LogP contribution in [0.1, 0.15) is 131 Å². The number of hydrogen-bond acceptors (Lipinski definition) is 23. The molecule has 12 rings (SSSR count). The average Bonchev–Trinajstić information content (AvgIpc) is 0.970. The maximum absolute atomic E-state index is 14.1. The van der Waals surface area contributed by atoms with Gasteiger partial charge in [-0.15, -0.1) is 5.10 Å². The normalized spacial score (nSPS) is 18.4. The zero-order valence-corrected chi connectivity index (χ0v) is 65.4. The predicted molar refractivity (Wildman–Crippen MR) is 406 cm³/mol. The van der Waals surface area contributed by atoms with Gasteiger partial charge in [0, 0.05) is 108 Å². The van der Waals surface area contributed by atoms with Gasteiger partial charge in [0.2, 0.25) is 11.3 Å². The third-order valence-electron chi connectivity index (χ3n) is 18.8. The second-order valence-electron chi connectivity index (χ2n) is 26.4. The van der Waals surface area contributed by atoms with Crippen molar-refractivity contribution in [1.29, 1.82) is 0 Å². The number of phosphoric ester groups is 1. The van der Waals surface area contributed by atoms with Crippen molar-refractivity contribution in [3.05, 3.63) is 160 Å². The minimum Gasteiger partial charge on any atom is -0.455 e. The number of unbranched alkanes of at least 4 members (excludes halogenated alkanes) is 1. The van der Waals surface area contributed by atoms with Crippen molar-refractivity contribution in [2.75, 3.05) is 94.8 Å². The summed E-state index contributed by atoms with van der Waals surface area (Å²) in [4.78, 5) is 108. The molecule has 8 N–H and O–H groups in total. The first-order chi connectivity index (χ1) is 51.9. The number of ether oxygens (including phenoxy) is 6. The molecule has 6 aliphatic rings. The van der Waals surface area contributed by atoms with E-state index in [4.69, 9.17) is 53.9 Å². The van der Waals surface area contributed by atoms with E-state index in [0.29, 0.717) is 75.1 Å². The van der Waals surface area contributed by atoms with Gasteiger partial charge in [0.25, 0.3) is 11.5 Å². The van der Waals surface area contributed by atoms with E-state index < -0.39 is 75.3 Å². The molecular formula is C70H86N10O21P3S4+. The Kier molecular flexibility index (Phi) is 27.7.